The largest absolute Gasteiger partial charge is 0.494 e. The van der Waals surface area contributed by atoms with Crippen molar-refractivity contribution < 1.29 is 9.53 Å². The van der Waals surface area contributed by atoms with Gasteiger partial charge in [0.15, 0.2) is 0 Å². The van der Waals surface area contributed by atoms with Gasteiger partial charge in [0.1, 0.15) is 5.78 Å². The predicted molar refractivity (Wildman–Crippen MR) is 66.5 cm³/mol. The number of carbonyl (C=O) groups is 1. The summed E-state index contributed by atoms with van der Waals surface area (Å²) in [7, 11) is 0. The Morgan fingerprint density at radius 3 is 3.06 bits per heavy atom. The van der Waals surface area contributed by atoms with E-state index in [9.17, 15) is 4.79 Å². The standard InChI is InChI=1S/C15H20O2/c1-2-3-10-4-5-13-11-6-8-14(16)12(11)7-9-15(13)17-10/h6,10,12H,2-5,7-9H2,1H3. The fourth-order valence-electron chi connectivity index (χ4n) is 3.41. The zero-order valence-electron chi connectivity index (χ0n) is 10.5. The molecule has 1 aliphatic heterocycles. The van der Waals surface area contributed by atoms with Gasteiger partial charge in [0.2, 0.25) is 0 Å². The number of hydrogen-bond donors (Lipinski definition) is 0. The second-order valence-electron chi connectivity index (χ2n) is 5.39. The zero-order chi connectivity index (χ0) is 11.8. The first-order chi connectivity index (χ1) is 8.29. The van der Waals surface area contributed by atoms with Gasteiger partial charge in [-0.3, -0.25) is 4.79 Å². The van der Waals surface area contributed by atoms with Crippen LogP contribution in [-0.4, -0.2) is 11.9 Å². The van der Waals surface area contributed by atoms with Crippen molar-refractivity contribution in [3.05, 3.63) is 23.0 Å². The lowest BCUT2D eigenvalue weighted by Gasteiger charge is -2.34. The van der Waals surface area contributed by atoms with E-state index < -0.39 is 0 Å². The van der Waals surface area contributed by atoms with Gasteiger partial charge in [-0.2, -0.15) is 0 Å². The van der Waals surface area contributed by atoms with E-state index in [4.69, 9.17) is 4.74 Å². The molecule has 2 nitrogen and oxygen atoms in total. The summed E-state index contributed by atoms with van der Waals surface area (Å²) in [6, 6.07) is 0. The summed E-state index contributed by atoms with van der Waals surface area (Å²) in [6.45, 7) is 2.21. The number of fused-ring (bicyclic) bond motifs is 2. The summed E-state index contributed by atoms with van der Waals surface area (Å²) in [4.78, 5) is 11.7. The molecule has 92 valence electrons. The quantitative estimate of drug-likeness (QED) is 0.728. The van der Waals surface area contributed by atoms with Crippen LogP contribution in [0.2, 0.25) is 0 Å². The molecular weight excluding hydrogens is 212 g/mol. The van der Waals surface area contributed by atoms with Crippen molar-refractivity contribution in [1.82, 2.24) is 0 Å². The third-order valence-corrected chi connectivity index (χ3v) is 4.27. The monoisotopic (exact) mass is 232 g/mol. The Balaban J connectivity index is 1.82. The van der Waals surface area contributed by atoms with Gasteiger partial charge in [-0.15, -0.1) is 0 Å². The summed E-state index contributed by atoms with van der Waals surface area (Å²) >= 11 is 0. The van der Waals surface area contributed by atoms with E-state index in [1.54, 1.807) is 0 Å². The minimum Gasteiger partial charge on any atom is -0.494 e. The number of carbonyl (C=O) groups excluding carboxylic acids is 1. The zero-order valence-corrected chi connectivity index (χ0v) is 10.5. The van der Waals surface area contributed by atoms with Crippen LogP contribution in [-0.2, 0) is 9.53 Å². The van der Waals surface area contributed by atoms with Crippen LogP contribution in [0, 0.1) is 5.92 Å². The van der Waals surface area contributed by atoms with Crippen LogP contribution in [0.4, 0.5) is 0 Å². The molecule has 2 atom stereocenters. The molecule has 0 saturated carbocycles. The van der Waals surface area contributed by atoms with E-state index in [1.165, 1.54) is 23.3 Å². The van der Waals surface area contributed by atoms with Crippen molar-refractivity contribution in [3.63, 3.8) is 0 Å². The number of Topliss-reactive ketones (excluding diaryl/α,β-unsaturated/α-hetero) is 1. The molecule has 0 aromatic heterocycles. The van der Waals surface area contributed by atoms with E-state index in [2.05, 4.69) is 13.0 Å². The number of rotatable bonds is 2. The Kier molecular flexibility index (Phi) is 2.81. The molecule has 0 saturated heterocycles. The van der Waals surface area contributed by atoms with Gasteiger partial charge >= 0.3 is 0 Å². The molecule has 0 bridgehead atoms. The average molecular weight is 232 g/mol. The molecule has 0 fully saturated rings. The SMILES string of the molecule is CCCC1CCC2=C(CCC3C(=O)CC=C23)O1. The molecule has 2 unspecified atom stereocenters. The first-order valence-corrected chi connectivity index (χ1v) is 6.91. The first-order valence-electron chi connectivity index (χ1n) is 6.91. The highest BCUT2D eigenvalue weighted by Gasteiger charge is 2.37. The lowest BCUT2D eigenvalue weighted by molar-refractivity contribution is -0.120. The highest BCUT2D eigenvalue weighted by Crippen LogP contribution is 2.44. The first kappa shape index (κ1) is 11.1. The number of allylic oxidation sites excluding steroid dienone is 4. The number of ether oxygens (including phenoxy) is 1. The van der Waals surface area contributed by atoms with Gasteiger partial charge in [-0.05, 0) is 36.8 Å². The lowest BCUT2D eigenvalue weighted by atomic mass is 9.80. The molecule has 2 aliphatic carbocycles. The predicted octanol–water partition coefficient (Wildman–Crippen LogP) is 3.53. The lowest BCUT2D eigenvalue weighted by Crippen LogP contribution is -2.25. The van der Waals surface area contributed by atoms with Gasteiger partial charge in [0, 0.05) is 18.8 Å². The van der Waals surface area contributed by atoms with Crippen LogP contribution < -0.4 is 0 Å². The van der Waals surface area contributed by atoms with E-state index >= 15 is 0 Å². The van der Waals surface area contributed by atoms with Crippen LogP contribution in [0.3, 0.4) is 0 Å². The molecule has 0 radical (unpaired) electrons. The van der Waals surface area contributed by atoms with Crippen molar-refractivity contribution >= 4 is 5.78 Å². The summed E-state index contributed by atoms with van der Waals surface area (Å²) < 4.78 is 6.10. The Bertz CT molecular complexity index is 403. The third-order valence-electron chi connectivity index (χ3n) is 4.27. The van der Waals surface area contributed by atoms with Crippen LogP contribution in [0.25, 0.3) is 0 Å². The maximum absolute atomic E-state index is 11.7. The van der Waals surface area contributed by atoms with Crippen LogP contribution in [0.15, 0.2) is 23.0 Å². The minimum atomic E-state index is 0.208. The van der Waals surface area contributed by atoms with Gasteiger partial charge < -0.3 is 4.74 Å². The second kappa shape index (κ2) is 4.32. The van der Waals surface area contributed by atoms with Gasteiger partial charge in [0.05, 0.1) is 11.9 Å². The van der Waals surface area contributed by atoms with Gasteiger partial charge in [0.25, 0.3) is 0 Å². The minimum absolute atomic E-state index is 0.208. The molecule has 0 aromatic carbocycles. The smallest absolute Gasteiger partial charge is 0.144 e. The molecular formula is C15H20O2. The van der Waals surface area contributed by atoms with Crippen molar-refractivity contribution in [2.24, 2.45) is 5.92 Å². The summed E-state index contributed by atoms with van der Waals surface area (Å²) in [6.07, 6.45) is 9.77. The topological polar surface area (TPSA) is 26.3 Å². The van der Waals surface area contributed by atoms with Crippen LogP contribution in [0.1, 0.15) is 51.9 Å². The molecule has 0 amide bonds. The van der Waals surface area contributed by atoms with Gasteiger partial charge in [-0.25, -0.2) is 0 Å². The molecule has 0 spiro atoms. The molecule has 0 N–H and O–H groups in total. The maximum Gasteiger partial charge on any atom is 0.144 e. The average Bonchev–Trinajstić information content (AvgIpc) is 2.72. The van der Waals surface area contributed by atoms with E-state index in [0.717, 1.165) is 32.1 Å². The Hall–Kier alpha value is -1.05. The van der Waals surface area contributed by atoms with E-state index in [-0.39, 0.29) is 5.92 Å². The molecule has 0 aromatic rings. The fourth-order valence-corrected chi connectivity index (χ4v) is 3.41. The molecule has 3 aliphatic rings. The maximum atomic E-state index is 11.7. The summed E-state index contributed by atoms with van der Waals surface area (Å²) in [5.41, 5.74) is 2.69. The number of ketones is 1. The normalized spacial score (nSPS) is 31.8. The molecule has 1 heterocycles. The Labute approximate surface area is 103 Å². The van der Waals surface area contributed by atoms with Crippen molar-refractivity contribution in [2.45, 2.75) is 58.0 Å². The van der Waals surface area contributed by atoms with Crippen LogP contribution in [0.5, 0.6) is 0 Å². The van der Waals surface area contributed by atoms with E-state index in [1.807, 2.05) is 0 Å². The fraction of sp³-hybridized carbons (Fsp3) is 0.667. The second-order valence-corrected chi connectivity index (χ2v) is 5.39. The molecule has 2 heteroatoms. The Morgan fingerprint density at radius 1 is 1.35 bits per heavy atom. The highest BCUT2D eigenvalue weighted by atomic mass is 16.5. The van der Waals surface area contributed by atoms with Crippen molar-refractivity contribution in [3.8, 4) is 0 Å². The molecule has 3 rings (SSSR count). The third kappa shape index (κ3) is 1.84. The van der Waals surface area contributed by atoms with Crippen LogP contribution >= 0.6 is 0 Å². The number of hydrogen-bond acceptors (Lipinski definition) is 2. The highest BCUT2D eigenvalue weighted by molar-refractivity contribution is 5.90. The Morgan fingerprint density at radius 2 is 2.24 bits per heavy atom. The van der Waals surface area contributed by atoms with Gasteiger partial charge in [-0.1, -0.05) is 19.4 Å². The van der Waals surface area contributed by atoms with E-state index in [0.29, 0.717) is 18.3 Å². The molecule has 17 heavy (non-hydrogen) atoms. The summed E-state index contributed by atoms with van der Waals surface area (Å²) in [5, 5.41) is 0. The van der Waals surface area contributed by atoms with Crippen molar-refractivity contribution in [1.29, 1.82) is 0 Å². The van der Waals surface area contributed by atoms with Crippen molar-refractivity contribution in [2.75, 3.05) is 0 Å². The summed E-state index contributed by atoms with van der Waals surface area (Å²) in [5.74, 6) is 1.83.